The predicted octanol–water partition coefficient (Wildman–Crippen LogP) is 1.54. The number of hydrogen-bond donors (Lipinski definition) is 1. The van der Waals surface area contributed by atoms with Gasteiger partial charge in [0.05, 0.1) is 5.71 Å². The van der Waals surface area contributed by atoms with Gasteiger partial charge in [0.15, 0.2) is 0 Å². The van der Waals surface area contributed by atoms with E-state index in [4.69, 9.17) is 4.84 Å². The lowest BCUT2D eigenvalue weighted by molar-refractivity contribution is -0.131. The molecule has 5 heteroatoms. The third-order valence-corrected chi connectivity index (χ3v) is 3.11. The van der Waals surface area contributed by atoms with Crippen molar-refractivity contribution in [3.8, 4) is 0 Å². The molecular weight excluding hydrogens is 242 g/mol. The number of carbonyl (C=O) groups excluding carboxylic acids is 1. The van der Waals surface area contributed by atoms with Crippen LogP contribution in [0.1, 0.15) is 25.8 Å². The summed E-state index contributed by atoms with van der Waals surface area (Å²) in [5.74, 6) is 0.239. The average molecular weight is 261 g/mol. The predicted molar refractivity (Wildman–Crippen MR) is 72.7 cm³/mol. The normalized spacial score (nSPS) is 18.1. The molecule has 5 nitrogen and oxygen atoms in total. The van der Waals surface area contributed by atoms with E-state index in [0.29, 0.717) is 18.9 Å². The number of rotatable bonds is 5. The number of nitrogens with one attached hydrogen (secondary N) is 1. The van der Waals surface area contributed by atoms with Gasteiger partial charge in [-0.15, -0.1) is 0 Å². The Morgan fingerprint density at radius 3 is 2.84 bits per heavy atom. The van der Waals surface area contributed by atoms with E-state index < -0.39 is 6.10 Å². The molecule has 0 aromatic carbocycles. The molecule has 0 saturated heterocycles. The molecule has 1 aromatic heterocycles. The lowest BCUT2D eigenvalue weighted by atomic mass is 10.0. The monoisotopic (exact) mass is 261 g/mol. The minimum absolute atomic E-state index is 0.0894. The number of amides is 1. The minimum atomic E-state index is -0.463. The topological polar surface area (TPSA) is 63.6 Å². The van der Waals surface area contributed by atoms with Crippen LogP contribution in [0.3, 0.4) is 0 Å². The van der Waals surface area contributed by atoms with Crippen LogP contribution in [-0.4, -0.2) is 29.3 Å². The number of carbonyl (C=O) groups is 1. The van der Waals surface area contributed by atoms with Crippen LogP contribution in [-0.2, 0) is 16.1 Å². The van der Waals surface area contributed by atoms with Crippen molar-refractivity contribution in [2.75, 3.05) is 6.54 Å². The second-order valence-corrected chi connectivity index (χ2v) is 4.93. The second kappa shape index (κ2) is 6.31. The van der Waals surface area contributed by atoms with Crippen molar-refractivity contribution in [2.45, 2.75) is 32.8 Å². The molecule has 0 saturated carbocycles. The van der Waals surface area contributed by atoms with Crippen LogP contribution in [0, 0.1) is 5.92 Å². The Balaban J connectivity index is 1.72. The highest BCUT2D eigenvalue weighted by atomic mass is 16.6. The maximum Gasteiger partial charge on any atom is 0.264 e. The summed E-state index contributed by atoms with van der Waals surface area (Å²) in [6, 6.07) is 3.89. The molecule has 1 aliphatic heterocycles. The molecule has 0 fully saturated rings. The first-order chi connectivity index (χ1) is 9.16. The van der Waals surface area contributed by atoms with Gasteiger partial charge in [-0.2, -0.15) is 0 Å². The van der Waals surface area contributed by atoms with Crippen LogP contribution in [0.5, 0.6) is 0 Å². The Morgan fingerprint density at radius 2 is 2.21 bits per heavy atom. The van der Waals surface area contributed by atoms with E-state index in [1.165, 1.54) is 0 Å². The zero-order valence-corrected chi connectivity index (χ0v) is 11.3. The van der Waals surface area contributed by atoms with Gasteiger partial charge in [-0.3, -0.25) is 9.78 Å². The van der Waals surface area contributed by atoms with Crippen molar-refractivity contribution in [2.24, 2.45) is 11.1 Å². The summed E-state index contributed by atoms with van der Waals surface area (Å²) in [7, 11) is 0. The van der Waals surface area contributed by atoms with E-state index in [0.717, 1.165) is 17.7 Å². The minimum Gasteiger partial charge on any atom is -0.382 e. The summed E-state index contributed by atoms with van der Waals surface area (Å²) in [6.07, 6.45) is 4.42. The molecule has 2 heterocycles. The highest BCUT2D eigenvalue weighted by Gasteiger charge is 2.28. The van der Waals surface area contributed by atoms with Crippen LogP contribution in [0.15, 0.2) is 29.7 Å². The molecule has 1 amide bonds. The Morgan fingerprint density at radius 1 is 1.47 bits per heavy atom. The van der Waals surface area contributed by atoms with E-state index in [1.54, 1.807) is 12.4 Å². The van der Waals surface area contributed by atoms with Gasteiger partial charge in [0.2, 0.25) is 6.10 Å². The average Bonchev–Trinajstić information content (AvgIpc) is 2.89. The van der Waals surface area contributed by atoms with Gasteiger partial charge in [-0.05, 0) is 30.0 Å². The van der Waals surface area contributed by atoms with E-state index >= 15 is 0 Å². The summed E-state index contributed by atoms with van der Waals surface area (Å²) >= 11 is 0. The fourth-order valence-electron chi connectivity index (χ4n) is 1.87. The van der Waals surface area contributed by atoms with Gasteiger partial charge < -0.3 is 10.2 Å². The SMILES string of the molecule is CC(C)C1=NO[C@H](C(=O)NCCc2ccncc2)C1. The van der Waals surface area contributed by atoms with Gasteiger partial charge in [-0.1, -0.05) is 19.0 Å². The van der Waals surface area contributed by atoms with Gasteiger partial charge in [0.25, 0.3) is 5.91 Å². The molecule has 1 N–H and O–H groups in total. The molecule has 0 spiro atoms. The highest BCUT2D eigenvalue weighted by Crippen LogP contribution is 2.15. The zero-order valence-electron chi connectivity index (χ0n) is 11.3. The molecule has 19 heavy (non-hydrogen) atoms. The van der Waals surface area contributed by atoms with E-state index in [-0.39, 0.29) is 5.91 Å². The fourth-order valence-corrected chi connectivity index (χ4v) is 1.87. The number of nitrogens with zero attached hydrogens (tertiary/aromatic N) is 2. The summed E-state index contributed by atoms with van der Waals surface area (Å²) in [4.78, 5) is 21.0. The Hall–Kier alpha value is -1.91. The van der Waals surface area contributed by atoms with Gasteiger partial charge >= 0.3 is 0 Å². The van der Waals surface area contributed by atoms with Gasteiger partial charge in [0, 0.05) is 25.4 Å². The quantitative estimate of drug-likeness (QED) is 0.874. The summed E-state index contributed by atoms with van der Waals surface area (Å²) in [6.45, 7) is 4.69. The molecule has 1 aromatic rings. The van der Waals surface area contributed by atoms with E-state index in [2.05, 4.69) is 15.5 Å². The summed E-state index contributed by atoms with van der Waals surface area (Å²) in [5, 5.41) is 6.83. The first-order valence-corrected chi connectivity index (χ1v) is 6.56. The van der Waals surface area contributed by atoms with Crippen LogP contribution in [0.25, 0.3) is 0 Å². The molecular formula is C14H19N3O2. The van der Waals surface area contributed by atoms with E-state index in [1.807, 2.05) is 26.0 Å². The molecule has 102 valence electrons. The number of pyridine rings is 1. The van der Waals surface area contributed by atoms with Crippen LogP contribution in [0.4, 0.5) is 0 Å². The van der Waals surface area contributed by atoms with Crippen molar-refractivity contribution in [3.63, 3.8) is 0 Å². The highest BCUT2D eigenvalue weighted by molar-refractivity contribution is 5.93. The Kier molecular flexibility index (Phi) is 4.49. The van der Waals surface area contributed by atoms with Crippen LogP contribution >= 0.6 is 0 Å². The second-order valence-electron chi connectivity index (χ2n) is 4.93. The standard InChI is InChI=1S/C14H19N3O2/c1-10(2)12-9-13(19-17-12)14(18)16-8-5-11-3-6-15-7-4-11/h3-4,6-7,10,13H,5,8-9H2,1-2H3,(H,16,18)/t13-/m0/s1. The molecule has 1 aliphatic rings. The Bertz CT molecular complexity index is 457. The largest absolute Gasteiger partial charge is 0.382 e. The molecule has 0 unspecified atom stereocenters. The van der Waals surface area contributed by atoms with Crippen molar-refractivity contribution < 1.29 is 9.63 Å². The summed E-state index contributed by atoms with van der Waals surface area (Å²) in [5.41, 5.74) is 2.11. The van der Waals surface area contributed by atoms with Crippen molar-refractivity contribution in [1.82, 2.24) is 10.3 Å². The first-order valence-electron chi connectivity index (χ1n) is 6.56. The van der Waals surface area contributed by atoms with Crippen molar-refractivity contribution in [3.05, 3.63) is 30.1 Å². The smallest absolute Gasteiger partial charge is 0.264 e. The molecule has 0 aliphatic carbocycles. The maximum absolute atomic E-state index is 11.9. The van der Waals surface area contributed by atoms with E-state index in [9.17, 15) is 4.79 Å². The zero-order chi connectivity index (χ0) is 13.7. The van der Waals surface area contributed by atoms with Gasteiger partial charge in [-0.25, -0.2) is 0 Å². The lowest BCUT2D eigenvalue weighted by Gasteiger charge is -2.09. The number of hydrogen-bond acceptors (Lipinski definition) is 4. The summed E-state index contributed by atoms with van der Waals surface area (Å²) < 4.78 is 0. The first kappa shape index (κ1) is 13.5. The van der Waals surface area contributed by atoms with Crippen LogP contribution < -0.4 is 5.32 Å². The van der Waals surface area contributed by atoms with Crippen LogP contribution in [0.2, 0.25) is 0 Å². The Labute approximate surface area is 113 Å². The maximum atomic E-state index is 11.9. The number of oxime groups is 1. The molecule has 1 atom stereocenters. The third-order valence-electron chi connectivity index (χ3n) is 3.11. The molecule has 0 bridgehead atoms. The molecule has 0 radical (unpaired) electrons. The number of aromatic nitrogens is 1. The van der Waals surface area contributed by atoms with Gasteiger partial charge in [0.1, 0.15) is 0 Å². The lowest BCUT2D eigenvalue weighted by Crippen LogP contribution is -2.36. The molecule has 2 rings (SSSR count). The van der Waals surface area contributed by atoms with Crippen molar-refractivity contribution >= 4 is 11.6 Å². The fraction of sp³-hybridized carbons (Fsp3) is 0.500. The van der Waals surface area contributed by atoms with Crippen molar-refractivity contribution in [1.29, 1.82) is 0 Å². The third kappa shape index (κ3) is 3.77.